The van der Waals surface area contributed by atoms with Crippen molar-refractivity contribution in [3.63, 3.8) is 0 Å². The number of nitrogens with one attached hydrogen (secondary N) is 1. The Morgan fingerprint density at radius 2 is 1.78 bits per heavy atom. The summed E-state index contributed by atoms with van der Waals surface area (Å²) in [6.45, 7) is 2.05. The number of nitriles is 1. The molecule has 9 heteroatoms. The minimum Gasteiger partial charge on any atom is -0.329 e. The maximum Gasteiger partial charge on any atom is 0.205 e. The molecule has 0 amide bonds. The van der Waals surface area contributed by atoms with Crippen LogP contribution in [-0.4, -0.2) is 42.3 Å². The topological polar surface area (TPSA) is 112 Å². The Hall–Kier alpha value is -4.58. The number of H-pyrrole nitrogens is 1. The molecule has 0 aliphatic heterocycles. The average Bonchev–Trinajstić information content (AvgIpc) is 3.53. The van der Waals surface area contributed by atoms with Crippen LogP contribution in [0.2, 0.25) is 0 Å². The third kappa shape index (κ3) is 3.24. The first kappa shape index (κ1) is 19.4. The van der Waals surface area contributed by atoms with E-state index in [2.05, 4.69) is 60.7 Å². The minimum absolute atomic E-state index is 0.330. The van der Waals surface area contributed by atoms with Gasteiger partial charge in [0.25, 0.3) is 0 Å². The highest BCUT2D eigenvalue weighted by Crippen LogP contribution is 2.38. The van der Waals surface area contributed by atoms with Crippen molar-refractivity contribution in [3.8, 4) is 28.6 Å². The molecule has 0 fully saturated rings. The number of benzene rings is 2. The highest BCUT2D eigenvalue weighted by Gasteiger charge is 2.19. The summed E-state index contributed by atoms with van der Waals surface area (Å²) in [7, 11) is 1.98. The summed E-state index contributed by atoms with van der Waals surface area (Å²) in [5.41, 5.74) is 5.73. The van der Waals surface area contributed by atoms with Crippen LogP contribution in [0, 0.1) is 11.3 Å². The molecule has 5 rings (SSSR count). The average molecular weight is 421 g/mol. The van der Waals surface area contributed by atoms with Gasteiger partial charge in [-0.1, -0.05) is 49.4 Å². The molecule has 0 bridgehead atoms. The number of nitrogens with zero attached hydrogens (tertiary/aromatic N) is 8. The van der Waals surface area contributed by atoms with Gasteiger partial charge in [-0.05, 0) is 23.3 Å². The molecule has 1 N–H and O–H groups in total. The zero-order valence-corrected chi connectivity index (χ0v) is 17.6. The first-order valence-corrected chi connectivity index (χ1v) is 10.2. The van der Waals surface area contributed by atoms with E-state index >= 15 is 0 Å². The molecule has 0 spiro atoms. The lowest BCUT2D eigenvalue weighted by atomic mass is 9.97. The number of fused-ring (bicyclic) bond motifs is 1. The van der Waals surface area contributed by atoms with Gasteiger partial charge in [-0.3, -0.25) is 0 Å². The summed E-state index contributed by atoms with van der Waals surface area (Å²) in [6.07, 6.45) is 0.771. The number of hydrogen-bond acceptors (Lipinski definition) is 7. The molecule has 0 aliphatic rings. The first-order valence-electron chi connectivity index (χ1n) is 10.2. The van der Waals surface area contributed by atoms with E-state index in [9.17, 15) is 5.26 Å². The molecule has 32 heavy (non-hydrogen) atoms. The van der Waals surface area contributed by atoms with Crippen LogP contribution >= 0.6 is 0 Å². The Balaban J connectivity index is 1.70. The Labute approximate surface area is 184 Å². The van der Waals surface area contributed by atoms with Gasteiger partial charge in [0.05, 0.1) is 0 Å². The van der Waals surface area contributed by atoms with Gasteiger partial charge in [0.15, 0.2) is 11.3 Å². The summed E-state index contributed by atoms with van der Waals surface area (Å²) >= 11 is 0. The lowest BCUT2D eigenvalue weighted by Gasteiger charge is -2.24. The van der Waals surface area contributed by atoms with Crippen LogP contribution in [0.15, 0.2) is 60.7 Å². The van der Waals surface area contributed by atoms with Crippen LogP contribution in [0.3, 0.4) is 0 Å². The Bertz CT molecular complexity index is 1440. The standard InChI is InChI=1S/C23H19N9/c1-3-15-13-22(32-21(25-15)12-16(14-24)28-32)31(2)20-11-7-6-9-18(20)17-8-4-5-10-19(17)23-26-29-30-27-23/h4-13H,3H2,1-2H3,(H,26,27,29,30). The van der Waals surface area contributed by atoms with Crippen molar-refractivity contribution >= 4 is 17.2 Å². The summed E-state index contributed by atoms with van der Waals surface area (Å²) in [6, 6.07) is 21.9. The van der Waals surface area contributed by atoms with Crippen molar-refractivity contribution in [3.05, 3.63) is 72.1 Å². The maximum atomic E-state index is 9.34. The van der Waals surface area contributed by atoms with Gasteiger partial charge in [0, 0.05) is 41.7 Å². The molecule has 0 unspecified atom stereocenters. The van der Waals surface area contributed by atoms with Crippen molar-refractivity contribution in [2.75, 3.05) is 11.9 Å². The number of para-hydroxylation sites is 1. The van der Waals surface area contributed by atoms with E-state index in [1.54, 1.807) is 10.6 Å². The number of aromatic nitrogens is 7. The Kier molecular flexibility index (Phi) is 4.80. The van der Waals surface area contributed by atoms with Gasteiger partial charge in [0.1, 0.15) is 11.9 Å². The molecular weight excluding hydrogens is 402 g/mol. The van der Waals surface area contributed by atoms with Crippen molar-refractivity contribution in [1.82, 2.24) is 35.2 Å². The highest BCUT2D eigenvalue weighted by atomic mass is 15.5. The van der Waals surface area contributed by atoms with Crippen LogP contribution in [0.5, 0.6) is 0 Å². The summed E-state index contributed by atoms with van der Waals surface area (Å²) in [5.74, 6) is 1.35. The van der Waals surface area contributed by atoms with Gasteiger partial charge < -0.3 is 4.90 Å². The number of aryl methyl sites for hydroxylation is 1. The van der Waals surface area contributed by atoms with E-state index < -0.39 is 0 Å². The summed E-state index contributed by atoms with van der Waals surface area (Å²) in [5, 5.41) is 28.3. The van der Waals surface area contributed by atoms with E-state index in [0.717, 1.165) is 40.3 Å². The fourth-order valence-corrected chi connectivity index (χ4v) is 3.79. The Morgan fingerprint density at radius 3 is 2.50 bits per heavy atom. The normalized spacial score (nSPS) is 10.9. The molecule has 2 aromatic carbocycles. The molecule has 5 aromatic rings. The van der Waals surface area contributed by atoms with Gasteiger partial charge in [-0.25, -0.2) is 4.98 Å². The van der Waals surface area contributed by atoms with E-state index in [0.29, 0.717) is 17.2 Å². The smallest absolute Gasteiger partial charge is 0.205 e. The quantitative estimate of drug-likeness (QED) is 0.460. The zero-order chi connectivity index (χ0) is 22.1. The monoisotopic (exact) mass is 421 g/mol. The molecule has 3 aromatic heterocycles. The maximum absolute atomic E-state index is 9.34. The van der Waals surface area contributed by atoms with E-state index in [1.807, 2.05) is 49.5 Å². The van der Waals surface area contributed by atoms with Gasteiger partial charge in [-0.2, -0.15) is 20.1 Å². The van der Waals surface area contributed by atoms with Crippen molar-refractivity contribution in [2.45, 2.75) is 13.3 Å². The first-order chi connectivity index (χ1) is 15.7. The highest BCUT2D eigenvalue weighted by molar-refractivity contribution is 5.89. The van der Waals surface area contributed by atoms with Crippen LogP contribution < -0.4 is 4.90 Å². The van der Waals surface area contributed by atoms with Gasteiger partial charge >= 0.3 is 0 Å². The van der Waals surface area contributed by atoms with Crippen molar-refractivity contribution in [2.24, 2.45) is 0 Å². The molecule has 3 heterocycles. The van der Waals surface area contributed by atoms with Crippen LogP contribution in [0.25, 0.3) is 28.2 Å². The predicted octanol–water partition coefficient (Wildman–Crippen LogP) is 3.78. The molecule has 0 radical (unpaired) electrons. The zero-order valence-electron chi connectivity index (χ0n) is 17.6. The fourth-order valence-electron chi connectivity index (χ4n) is 3.79. The number of anilines is 2. The molecule has 0 saturated carbocycles. The van der Waals surface area contributed by atoms with Crippen molar-refractivity contribution in [1.29, 1.82) is 5.26 Å². The SMILES string of the molecule is CCc1cc(N(C)c2ccccc2-c2ccccc2-c2nn[nH]n2)n2nc(C#N)cc2n1. The number of tetrazole rings is 1. The second kappa shape index (κ2) is 7.92. The predicted molar refractivity (Wildman–Crippen MR) is 120 cm³/mol. The minimum atomic E-state index is 0.330. The lowest BCUT2D eigenvalue weighted by Crippen LogP contribution is -2.16. The molecular formula is C23H19N9. The van der Waals surface area contributed by atoms with Crippen molar-refractivity contribution < 1.29 is 0 Å². The number of aromatic amines is 1. The lowest BCUT2D eigenvalue weighted by molar-refractivity contribution is 0.881. The van der Waals surface area contributed by atoms with Crippen LogP contribution in [0.1, 0.15) is 18.3 Å². The van der Waals surface area contributed by atoms with Gasteiger partial charge in [-0.15, -0.1) is 10.2 Å². The second-order valence-electron chi connectivity index (χ2n) is 7.23. The van der Waals surface area contributed by atoms with Crippen LogP contribution in [0.4, 0.5) is 11.5 Å². The molecule has 0 saturated heterocycles. The summed E-state index contributed by atoms with van der Waals surface area (Å²) < 4.78 is 1.71. The van der Waals surface area contributed by atoms with Gasteiger partial charge in [0.2, 0.25) is 5.82 Å². The third-order valence-corrected chi connectivity index (χ3v) is 5.35. The van der Waals surface area contributed by atoms with E-state index in [4.69, 9.17) is 0 Å². The largest absolute Gasteiger partial charge is 0.329 e. The third-order valence-electron chi connectivity index (χ3n) is 5.35. The Morgan fingerprint density at radius 1 is 1.03 bits per heavy atom. The van der Waals surface area contributed by atoms with E-state index in [1.165, 1.54) is 0 Å². The summed E-state index contributed by atoms with van der Waals surface area (Å²) in [4.78, 5) is 6.68. The molecule has 0 aliphatic carbocycles. The number of hydrogen-bond donors (Lipinski definition) is 1. The fraction of sp³-hybridized carbons (Fsp3) is 0.130. The molecule has 0 atom stereocenters. The second-order valence-corrected chi connectivity index (χ2v) is 7.23. The van der Waals surface area contributed by atoms with Crippen LogP contribution in [-0.2, 0) is 6.42 Å². The van der Waals surface area contributed by atoms with E-state index in [-0.39, 0.29) is 0 Å². The number of rotatable bonds is 5. The molecule has 156 valence electrons. The molecule has 9 nitrogen and oxygen atoms in total.